The van der Waals surface area contributed by atoms with Crippen molar-refractivity contribution >= 4 is 17.9 Å². The minimum atomic E-state index is -1.19. The molecule has 0 aromatic heterocycles. The third-order valence-electron chi connectivity index (χ3n) is 6.77. The fourth-order valence-electron chi connectivity index (χ4n) is 4.80. The topological polar surface area (TPSA) is 115 Å². The molecule has 0 aliphatic heterocycles. The lowest BCUT2D eigenvalue weighted by molar-refractivity contribution is -0.934. The van der Waals surface area contributed by atoms with Gasteiger partial charge in [-0.3, -0.25) is 9.59 Å². The molecular formula is C27H49NO6. The molecule has 7 heteroatoms. The van der Waals surface area contributed by atoms with Crippen molar-refractivity contribution in [2.75, 3.05) is 26.2 Å². The zero-order valence-electron chi connectivity index (χ0n) is 21.8. The third-order valence-corrected chi connectivity index (χ3v) is 6.77. The monoisotopic (exact) mass is 483 g/mol. The van der Waals surface area contributed by atoms with E-state index in [-0.39, 0.29) is 24.1 Å². The summed E-state index contributed by atoms with van der Waals surface area (Å²) >= 11 is 0. The van der Waals surface area contributed by atoms with Gasteiger partial charge in [0.25, 0.3) is 0 Å². The van der Waals surface area contributed by atoms with E-state index in [1.807, 2.05) is 6.08 Å². The second-order valence-electron chi connectivity index (χ2n) is 10.3. The van der Waals surface area contributed by atoms with Gasteiger partial charge in [0.2, 0.25) is 0 Å². The van der Waals surface area contributed by atoms with Crippen molar-refractivity contribution in [2.24, 2.45) is 17.8 Å². The first-order chi connectivity index (χ1) is 16.0. The highest BCUT2D eigenvalue weighted by Crippen LogP contribution is 2.22. The Morgan fingerprint density at radius 1 is 0.706 bits per heavy atom. The summed E-state index contributed by atoms with van der Waals surface area (Å²) in [5.41, 5.74) is 0. The van der Waals surface area contributed by atoms with Gasteiger partial charge < -0.3 is 24.6 Å². The Morgan fingerprint density at radius 2 is 1.06 bits per heavy atom. The largest absolute Gasteiger partial charge is 0.550 e. The molecule has 3 atom stereocenters. The number of nitrogens with zero attached hydrogens (tertiary/aromatic N) is 1. The first kappa shape index (κ1) is 32.1. The second-order valence-corrected chi connectivity index (χ2v) is 10.3. The lowest BCUT2D eigenvalue weighted by atomic mass is 10.00. The number of quaternary nitrogens is 1. The summed E-state index contributed by atoms with van der Waals surface area (Å²) in [6.07, 6.45) is 16.0. The van der Waals surface area contributed by atoms with E-state index >= 15 is 0 Å². The van der Waals surface area contributed by atoms with Crippen LogP contribution < -0.4 is 5.11 Å². The zero-order valence-corrected chi connectivity index (χ0v) is 21.8. The second kappa shape index (κ2) is 18.4. The summed E-state index contributed by atoms with van der Waals surface area (Å²) < 4.78 is 0.182. The van der Waals surface area contributed by atoms with Crippen LogP contribution >= 0.6 is 0 Å². The Balaban J connectivity index is 4.70. The molecule has 0 spiro atoms. The molecule has 0 aromatic rings. The lowest BCUT2D eigenvalue weighted by Gasteiger charge is -2.43. The van der Waals surface area contributed by atoms with E-state index in [1.54, 1.807) is 20.8 Å². The maximum Gasteiger partial charge on any atom is 0.311 e. The molecule has 0 bridgehead atoms. The van der Waals surface area contributed by atoms with Crippen LogP contribution in [-0.4, -0.2) is 58.8 Å². The van der Waals surface area contributed by atoms with Gasteiger partial charge in [0.15, 0.2) is 0 Å². The molecule has 3 unspecified atom stereocenters. The van der Waals surface area contributed by atoms with Gasteiger partial charge in [0.05, 0.1) is 26.2 Å². The molecule has 34 heavy (non-hydrogen) atoms. The van der Waals surface area contributed by atoms with Crippen molar-refractivity contribution in [3.63, 3.8) is 0 Å². The maximum absolute atomic E-state index is 11.5. The highest BCUT2D eigenvalue weighted by atomic mass is 16.4. The standard InChI is InChI=1S/C27H49NO6/c1-5-6-7-8-9-10-11-12-13-14-15-16-17-18-28(19-22(2)25(29)30,20-23(3)26(31)32)21-24(4)27(33)34/h5,22-24H,1,6-21H2,2-4H3,(H2-,29,30,31,32,33,34). The minimum Gasteiger partial charge on any atom is -0.550 e. The fraction of sp³-hybridized carbons (Fsp3) is 0.815. The SMILES string of the molecule is C=CCCCCCCCCCCCCC[N+](CC(C)C(=O)[O-])(CC(C)C(=O)O)CC(C)C(=O)O. The number of unbranched alkanes of at least 4 members (excludes halogenated alkanes) is 11. The Labute approximate surface area is 206 Å². The van der Waals surface area contributed by atoms with Crippen molar-refractivity contribution in [2.45, 2.75) is 97.8 Å². The van der Waals surface area contributed by atoms with Crippen LogP contribution in [0, 0.1) is 17.8 Å². The molecule has 2 N–H and O–H groups in total. The maximum atomic E-state index is 11.5. The predicted octanol–water partition coefficient (Wildman–Crippen LogP) is 4.50. The van der Waals surface area contributed by atoms with Gasteiger partial charge in [-0.2, -0.15) is 0 Å². The lowest BCUT2D eigenvalue weighted by Crippen LogP contribution is -2.58. The van der Waals surface area contributed by atoms with E-state index in [1.165, 1.54) is 44.9 Å². The van der Waals surface area contributed by atoms with Crippen LogP contribution in [0.15, 0.2) is 12.7 Å². The first-order valence-corrected chi connectivity index (χ1v) is 13.2. The quantitative estimate of drug-likeness (QED) is 0.126. The highest BCUT2D eigenvalue weighted by Gasteiger charge is 2.36. The molecule has 0 heterocycles. The fourth-order valence-corrected chi connectivity index (χ4v) is 4.80. The zero-order chi connectivity index (χ0) is 26.0. The summed E-state index contributed by atoms with van der Waals surface area (Å²) in [4.78, 5) is 34.5. The number of hydrogen-bond donors (Lipinski definition) is 2. The normalized spacial score (nSPS) is 15.7. The first-order valence-electron chi connectivity index (χ1n) is 13.2. The molecule has 0 radical (unpaired) electrons. The summed E-state index contributed by atoms with van der Waals surface area (Å²) in [7, 11) is 0. The average Bonchev–Trinajstić information content (AvgIpc) is 2.76. The van der Waals surface area contributed by atoms with Gasteiger partial charge in [0, 0.05) is 11.9 Å². The van der Waals surface area contributed by atoms with Crippen LogP contribution in [0.4, 0.5) is 0 Å². The molecule has 0 fully saturated rings. The number of rotatable bonds is 23. The van der Waals surface area contributed by atoms with Crippen molar-refractivity contribution < 1.29 is 34.2 Å². The third kappa shape index (κ3) is 15.1. The van der Waals surface area contributed by atoms with Crippen LogP contribution in [0.3, 0.4) is 0 Å². The van der Waals surface area contributed by atoms with Crippen LogP contribution in [-0.2, 0) is 14.4 Å². The van der Waals surface area contributed by atoms with E-state index in [9.17, 15) is 29.7 Å². The van der Waals surface area contributed by atoms with Crippen molar-refractivity contribution in [1.29, 1.82) is 0 Å². The predicted molar refractivity (Wildman–Crippen MR) is 133 cm³/mol. The number of carboxylic acid groups (broad SMARTS) is 3. The highest BCUT2D eigenvalue weighted by molar-refractivity contribution is 5.70. The van der Waals surface area contributed by atoms with Gasteiger partial charge in [-0.1, -0.05) is 64.4 Å². The van der Waals surface area contributed by atoms with Gasteiger partial charge in [-0.25, -0.2) is 0 Å². The number of carboxylic acids is 3. The van der Waals surface area contributed by atoms with Crippen LogP contribution in [0.2, 0.25) is 0 Å². The number of carbonyl (C=O) groups excluding carboxylic acids is 1. The smallest absolute Gasteiger partial charge is 0.311 e. The minimum absolute atomic E-state index is 0.182. The Kier molecular flexibility index (Phi) is 17.4. The van der Waals surface area contributed by atoms with Crippen molar-refractivity contribution in [3.8, 4) is 0 Å². The van der Waals surface area contributed by atoms with Gasteiger partial charge >= 0.3 is 11.9 Å². The van der Waals surface area contributed by atoms with E-state index in [0.29, 0.717) is 6.54 Å². The number of hydrogen-bond acceptors (Lipinski definition) is 4. The summed E-state index contributed by atoms with van der Waals surface area (Å²) in [6.45, 7) is 9.71. The molecule has 7 nitrogen and oxygen atoms in total. The molecule has 0 aliphatic rings. The van der Waals surface area contributed by atoms with E-state index in [4.69, 9.17) is 0 Å². The van der Waals surface area contributed by atoms with E-state index < -0.39 is 35.7 Å². The van der Waals surface area contributed by atoms with Crippen LogP contribution in [0.5, 0.6) is 0 Å². The van der Waals surface area contributed by atoms with E-state index in [0.717, 1.165) is 32.1 Å². The summed E-state index contributed by atoms with van der Waals surface area (Å²) in [5, 5.41) is 30.4. The van der Waals surface area contributed by atoms with Crippen LogP contribution in [0.25, 0.3) is 0 Å². The molecule has 0 aliphatic carbocycles. The van der Waals surface area contributed by atoms with Gasteiger partial charge in [-0.05, 0) is 39.5 Å². The van der Waals surface area contributed by atoms with Crippen molar-refractivity contribution in [3.05, 3.63) is 12.7 Å². The van der Waals surface area contributed by atoms with Gasteiger partial charge in [-0.15, -0.1) is 6.58 Å². The number of aliphatic carboxylic acids is 3. The number of allylic oxidation sites excluding steroid dienone is 1. The molecule has 198 valence electrons. The average molecular weight is 484 g/mol. The molecule has 0 rings (SSSR count). The Hall–Kier alpha value is -1.89. The Bertz CT molecular complexity index is 551. The van der Waals surface area contributed by atoms with E-state index in [2.05, 4.69) is 6.58 Å². The molecule has 0 saturated heterocycles. The van der Waals surface area contributed by atoms with Gasteiger partial charge in [0.1, 0.15) is 11.8 Å². The van der Waals surface area contributed by atoms with Crippen molar-refractivity contribution in [1.82, 2.24) is 0 Å². The summed E-state index contributed by atoms with van der Waals surface area (Å²) in [5.74, 6) is -5.24. The molecule has 0 saturated carbocycles. The number of carbonyl (C=O) groups is 3. The van der Waals surface area contributed by atoms with Crippen LogP contribution in [0.1, 0.15) is 97.8 Å². The summed E-state index contributed by atoms with van der Waals surface area (Å²) in [6, 6.07) is 0. The Morgan fingerprint density at radius 3 is 1.41 bits per heavy atom. The molecular weight excluding hydrogens is 434 g/mol. The molecule has 0 amide bonds. The molecule has 0 aromatic carbocycles.